The van der Waals surface area contributed by atoms with E-state index in [1.165, 1.54) is 31.2 Å². The highest BCUT2D eigenvalue weighted by molar-refractivity contribution is 5.48. The maximum absolute atomic E-state index is 5.62. The van der Waals surface area contributed by atoms with Crippen molar-refractivity contribution in [1.82, 2.24) is 5.32 Å². The zero-order chi connectivity index (χ0) is 14.4. The highest BCUT2D eigenvalue weighted by Crippen LogP contribution is 2.42. The molecule has 1 aromatic rings. The van der Waals surface area contributed by atoms with Crippen molar-refractivity contribution < 1.29 is 9.47 Å². The molecule has 20 heavy (non-hydrogen) atoms. The van der Waals surface area contributed by atoms with Gasteiger partial charge in [-0.15, -0.1) is 0 Å². The summed E-state index contributed by atoms with van der Waals surface area (Å²) < 4.78 is 11.1. The van der Waals surface area contributed by atoms with E-state index in [0.717, 1.165) is 24.5 Å². The maximum atomic E-state index is 5.62. The van der Waals surface area contributed by atoms with Gasteiger partial charge in [-0.2, -0.15) is 0 Å². The van der Waals surface area contributed by atoms with E-state index in [1.807, 2.05) is 6.07 Å². The van der Waals surface area contributed by atoms with Gasteiger partial charge in [-0.1, -0.05) is 31.9 Å². The highest BCUT2D eigenvalue weighted by Gasteiger charge is 2.28. The lowest BCUT2D eigenvalue weighted by Crippen LogP contribution is -2.28. The molecule has 0 amide bonds. The summed E-state index contributed by atoms with van der Waals surface area (Å²) in [6.07, 6.45) is 6.46. The van der Waals surface area contributed by atoms with Crippen LogP contribution in [0.4, 0.5) is 0 Å². The molecule has 0 spiro atoms. The van der Waals surface area contributed by atoms with Crippen LogP contribution in [-0.4, -0.2) is 20.8 Å². The summed E-state index contributed by atoms with van der Waals surface area (Å²) in [5.74, 6) is 2.42. The molecule has 1 aromatic carbocycles. The van der Waals surface area contributed by atoms with Gasteiger partial charge >= 0.3 is 0 Å². The molecule has 1 N–H and O–H groups in total. The topological polar surface area (TPSA) is 30.5 Å². The molecule has 3 heteroatoms. The molecule has 0 radical (unpaired) electrons. The molecular weight excluding hydrogens is 250 g/mol. The second-order valence-corrected chi connectivity index (χ2v) is 5.56. The normalized spacial score (nSPS) is 17.1. The minimum absolute atomic E-state index is 0.377. The van der Waals surface area contributed by atoms with Gasteiger partial charge in [-0.3, -0.25) is 0 Å². The van der Waals surface area contributed by atoms with Gasteiger partial charge in [0.05, 0.1) is 14.2 Å². The minimum Gasteiger partial charge on any atom is -0.493 e. The molecule has 0 bridgehead atoms. The van der Waals surface area contributed by atoms with Gasteiger partial charge in [0.25, 0.3) is 0 Å². The average Bonchev–Trinajstić information content (AvgIpc) is 3.01. The number of hydrogen-bond donors (Lipinski definition) is 1. The molecule has 1 fully saturated rings. The van der Waals surface area contributed by atoms with Gasteiger partial charge in [-0.05, 0) is 37.8 Å². The quantitative estimate of drug-likeness (QED) is 0.819. The summed E-state index contributed by atoms with van der Waals surface area (Å²) >= 11 is 0. The van der Waals surface area contributed by atoms with Crippen LogP contribution in [-0.2, 0) is 0 Å². The summed E-state index contributed by atoms with van der Waals surface area (Å²) in [6, 6.07) is 6.58. The lowest BCUT2D eigenvalue weighted by atomic mass is 9.90. The number of methoxy groups -OCH3 is 2. The molecule has 1 unspecified atom stereocenters. The zero-order valence-corrected chi connectivity index (χ0v) is 12.9. The highest BCUT2D eigenvalue weighted by atomic mass is 16.5. The Labute approximate surface area is 122 Å². The van der Waals surface area contributed by atoms with Crippen LogP contribution >= 0.6 is 0 Å². The molecule has 1 aliphatic carbocycles. The Bertz CT molecular complexity index is 413. The SMILES string of the molecule is CCCNC(c1cccc(OC)c1OC)C1CCCC1. The molecule has 1 saturated carbocycles. The molecule has 2 rings (SSSR count). The fourth-order valence-electron chi connectivity index (χ4n) is 3.28. The van der Waals surface area contributed by atoms with Crippen molar-refractivity contribution in [2.75, 3.05) is 20.8 Å². The Kier molecular flexibility index (Phi) is 5.72. The van der Waals surface area contributed by atoms with Crippen LogP contribution in [0.3, 0.4) is 0 Å². The van der Waals surface area contributed by atoms with Crippen LogP contribution < -0.4 is 14.8 Å². The number of hydrogen-bond acceptors (Lipinski definition) is 3. The lowest BCUT2D eigenvalue weighted by Gasteiger charge is -2.27. The van der Waals surface area contributed by atoms with Gasteiger partial charge in [-0.25, -0.2) is 0 Å². The Morgan fingerprint density at radius 2 is 1.95 bits per heavy atom. The monoisotopic (exact) mass is 277 g/mol. The summed E-state index contributed by atoms with van der Waals surface area (Å²) in [6.45, 7) is 3.25. The van der Waals surface area contributed by atoms with Crippen molar-refractivity contribution in [3.05, 3.63) is 23.8 Å². The van der Waals surface area contributed by atoms with Crippen LogP contribution in [0.1, 0.15) is 50.6 Å². The van der Waals surface area contributed by atoms with E-state index in [-0.39, 0.29) is 0 Å². The van der Waals surface area contributed by atoms with Crippen molar-refractivity contribution in [2.45, 2.75) is 45.1 Å². The molecule has 0 aromatic heterocycles. The number of benzene rings is 1. The third kappa shape index (κ3) is 3.26. The number of rotatable bonds is 7. The molecule has 0 saturated heterocycles. The van der Waals surface area contributed by atoms with Crippen LogP contribution in [0.5, 0.6) is 11.5 Å². The van der Waals surface area contributed by atoms with Gasteiger partial charge < -0.3 is 14.8 Å². The first-order valence-electron chi connectivity index (χ1n) is 7.76. The average molecular weight is 277 g/mol. The molecule has 1 atom stereocenters. The van der Waals surface area contributed by atoms with Crippen molar-refractivity contribution >= 4 is 0 Å². The molecule has 1 aliphatic rings. The summed E-state index contributed by atoms with van der Waals surface area (Å²) in [4.78, 5) is 0. The van der Waals surface area contributed by atoms with Crippen LogP contribution in [0.15, 0.2) is 18.2 Å². The summed E-state index contributed by atoms with van der Waals surface area (Å²) in [7, 11) is 3.43. The van der Waals surface area contributed by atoms with E-state index in [4.69, 9.17) is 9.47 Å². The predicted molar refractivity (Wildman–Crippen MR) is 82.5 cm³/mol. The van der Waals surface area contributed by atoms with Gasteiger partial charge in [0, 0.05) is 11.6 Å². The second-order valence-electron chi connectivity index (χ2n) is 5.56. The Hall–Kier alpha value is -1.22. The predicted octanol–water partition coefficient (Wildman–Crippen LogP) is 3.93. The molecule has 112 valence electrons. The molecular formula is C17H27NO2. The van der Waals surface area contributed by atoms with Crippen molar-refractivity contribution in [3.8, 4) is 11.5 Å². The van der Waals surface area contributed by atoms with Gasteiger partial charge in [0.2, 0.25) is 0 Å². The Morgan fingerprint density at radius 1 is 1.20 bits per heavy atom. The van der Waals surface area contributed by atoms with E-state index >= 15 is 0 Å². The van der Waals surface area contributed by atoms with E-state index in [9.17, 15) is 0 Å². The first-order valence-corrected chi connectivity index (χ1v) is 7.76. The first-order chi connectivity index (χ1) is 9.81. The van der Waals surface area contributed by atoms with Crippen LogP contribution in [0, 0.1) is 5.92 Å². The number of ether oxygens (including phenoxy) is 2. The molecule has 3 nitrogen and oxygen atoms in total. The van der Waals surface area contributed by atoms with E-state index in [2.05, 4.69) is 24.4 Å². The number of nitrogens with one attached hydrogen (secondary N) is 1. The largest absolute Gasteiger partial charge is 0.493 e. The fraction of sp³-hybridized carbons (Fsp3) is 0.647. The Morgan fingerprint density at radius 3 is 2.55 bits per heavy atom. The van der Waals surface area contributed by atoms with Gasteiger partial charge in [0.1, 0.15) is 0 Å². The second kappa shape index (κ2) is 7.53. The smallest absolute Gasteiger partial charge is 0.165 e. The van der Waals surface area contributed by atoms with Crippen LogP contribution in [0.25, 0.3) is 0 Å². The van der Waals surface area contributed by atoms with E-state index in [0.29, 0.717) is 12.0 Å². The lowest BCUT2D eigenvalue weighted by molar-refractivity contribution is 0.325. The third-order valence-corrected chi connectivity index (χ3v) is 4.25. The van der Waals surface area contributed by atoms with Crippen molar-refractivity contribution in [3.63, 3.8) is 0 Å². The molecule has 0 aliphatic heterocycles. The third-order valence-electron chi connectivity index (χ3n) is 4.25. The first kappa shape index (κ1) is 15.2. The Balaban J connectivity index is 2.31. The van der Waals surface area contributed by atoms with E-state index < -0.39 is 0 Å². The van der Waals surface area contributed by atoms with Crippen LogP contribution in [0.2, 0.25) is 0 Å². The van der Waals surface area contributed by atoms with Gasteiger partial charge in [0.15, 0.2) is 11.5 Å². The number of para-hydroxylation sites is 1. The molecule has 0 heterocycles. The standard InChI is InChI=1S/C17H27NO2/c1-4-12-18-16(13-8-5-6-9-13)14-10-7-11-15(19-2)17(14)20-3/h7,10-11,13,16,18H,4-6,8-9,12H2,1-3H3. The van der Waals surface area contributed by atoms with Crippen molar-refractivity contribution in [2.24, 2.45) is 5.92 Å². The zero-order valence-electron chi connectivity index (χ0n) is 12.9. The fourth-order valence-corrected chi connectivity index (χ4v) is 3.28. The maximum Gasteiger partial charge on any atom is 0.165 e. The summed E-state index contributed by atoms with van der Waals surface area (Å²) in [5.41, 5.74) is 1.24. The summed E-state index contributed by atoms with van der Waals surface area (Å²) in [5, 5.41) is 3.72. The van der Waals surface area contributed by atoms with E-state index in [1.54, 1.807) is 14.2 Å². The van der Waals surface area contributed by atoms with Crippen molar-refractivity contribution in [1.29, 1.82) is 0 Å². The minimum atomic E-state index is 0.377.